The lowest BCUT2D eigenvalue weighted by Gasteiger charge is -2.53. The molecule has 0 aliphatic rings. The zero-order valence-electron chi connectivity index (χ0n) is 27.1. The van der Waals surface area contributed by atoms with Crippen LogP contribution < -0.4 is 28.4 Å². The van der Waals surface area contributed by atoms with E-state index in [1.807, 2.05) is 170 Å². The predicted octanol–water partition coefficient (Wildman–Crippen LogP) is 2.26. The summed E-state index contributed by atoms with van der Waals surface area (Å²) in [5, 5.41) is 0. The van der Waals surface area contributed by atoms with Crippen molar-refractivity contribution in [3.05, 3.63) is 166 Å². The quantitative estimate of drug-likeness (QED) is 0.131. The maximum atomic E-state index is 11.4. The predicted molar refractivity (Wildman–Crippen MR) is 182 cm³/mol. The van der Waals surface area contributed by atoms with E-state index in [9.17, 15) is 14.7 Å². The third-order valence-corrected chi connectivity index (χ3v) is 10.8. The Morgan fingerprint density at radius 2 is 0.891 bits per heavy atom. The van der Waals surface area contributed by atoms with Gasteiger partial charge in [-0.15, -0.1) is 0 Å². The Hall–Kier alpha value is -4.05. The number of benzene rings is 2. The van der Waals surface area contributed by atoms with Gasteiger partial charge >= 0.3 is 0 Å². The molecule has 0 unspecified atom stereocenters. The van der Waals surface area contributed by atoms with Crippen molar-refractivity contribution < 1.29 is 28.4 Å². The first kappa shape index (κ1) is 38.1. The molecule has 0 amide bonds. The Labute approximate surface area is 276 Å². The lowest BCUT2D eigenvalue weighted by molar-refractivity contribution is -0.686. The molecular formula is C35H47N6O3PS. The molecule has 0 N–H and O–H groups in total. The minimum absolute atomic E-state index is 0.292. The highest BCUT2D eigenvalue weighted by molar-refractivity contribution is 8.25. The Morgan fingerprint density at radius 1 is 0.587 bits per heavy atom. The monoisotopic (exact) mass is 662 g/mol. The smallest absolute Gasteiger partial charge is 0.243 e. The summed E-state index contributed by atoms with van der Waals surface area (Å²) >= 11 is 0. The van der Waals surface area contributed by atoms with Gasteiger partial charge in [0.2, 0.25) is 19.0 Å². The van der Waals surface area contributed by atoms with Gasteiger partial charge in [-0.05, 0) is 11.1 Å². The van der Waals surface area contributed by atoms with Crippen molar-refractivity contribution in [1.82, 2.24) is 13.7 Å². The Balaban J connectivity index is 0.000000230. The molecule has 0 bridgehead atoms. The standard InChI is InChI=1S/C14H14O3PS.3C7H11N2/c15-18(16,17)19(11-13-7-3-1-4-8-13)12-14-9-5-2-6-10-14;3*1-3-4-9-6-5-8(2)7-9/h1-10H,11-12H2;3*3,5-7H,1,4H2,2H3/q-3;3*+1. The number of nitrogens with zero attached hydrogens (tertiary/aromatic N) is 6. The van der Waals surface area contributed by atoms with Crippen LogP contribution in [0.15, 0.2) is 155 Å². The van der Waals surface area contributed by atoms with Gasteiger partial charge in [0, 0.05) is 11.5 Å². The molecule has 5 aromatic rings. The second-order valence-electron chi connectivity index (χ2n) is 10.4. The van der Waals surface area contributed by atoms with Gasteiger partial charge < -0.3 is 21.4 Å². The van der Waals surface area contributed by atoms with Crippen LogP contribution in [0.1, 0.15) is 11.1 Å². The summed E-state index contributed by atoms with van der Waals surface area (Å²) in [6.45, 7) is 9.00. The molecule has 3 heterocycles. The zero-order valence-corrected chi connectivity index (χ0v) is 28.8. The lowest BCUT2D eigenvalue weighted by atomic mass is 10.2. The van der Waals surface area contributed by atoms with Crippen LogP contribution in [0.25, 0.3) is 0 Å². The van der Waals surface area contributed by atoms with Crippen LogP contribution in [0.4, 0.5) is 0 Å². The van der Waals surface area contributed by atoms with Crippen LogP contribution in [0.2, 0.25) is 0 Å². The lowest BCUT2D eigenvalue weighted by Crippen LogP contribution is -2.30. The molecule has 46 heavy (non-hydrogen) atoms. The van der Waals surface area contributed by atoms with Gasteiger partial charge in [-0.25, -0.2) is 37.5 Å². The fraction of sp³-hybridized carbons (Fsp3) is 0.229. The van der Waals surface area contributed by atoms with E-state index in [0.29, 0.717) is 11.5 Å². The van der Waals surface area contributed by atoms with Crippen molar-refractivity contribution in [3.63, 3.8) is 0 Å². The second-order valence-corrected chi connectivity index (χ2v) is 15.7. The number of rotatable bonds is 10. The molecule has 0 aliphatic carbocycles. The van der Waals surface area contributed by atoms with E-state index in [1.54, 1.807) is 0 Å². The minimum Gasteiger partial charge on any atom is -0.848 e. The number of aryl methyl sites for hydroxylation is 3. The minimum atomic E-state index is -4.58. The highest BCUT2D eigenvalue weighted by Crippen LogP contribution is 2.26. The first-order chi connectivity index (χ1) is 22.0. The summed E-state index contributed by atoms with van der Waals surface area (Å²) < 4.78 is 12.2. The Kier molecular flexibility index (Phi) is 17.3. The van der Waals surface area contributed by atoms with Crippen LogP contribution in [0.3, 0.4) is 0 Å². The van der Waals surface area contributed by atoms with E-state index in [1.165, 1.54) is 0 Å². The van der Waals surface area contributed by atoms with Crippen molar-refractivity contribution in [3.8, 4) is 0 Å². The van der Waals surface area contributed by atoms with Gasteiger partial charge in [-0.2, -0.15) is 0 Å². The number of hydrogen-bond donors (Lipinski definition) is 0. The number of allylic oxidation sites excluding steroid dienone is 3. The zero-order chi connectivity index (χ0) is 33.8. The summed E-state index contributed by atoms with van der Waals surface area (Å²) in [5.41, 5.74) is 1.77. The van der Waals surface area contributed by atoms with Gasteiger partial charge in [0.15, 0.2) is 0 Å². The largest absolute Gasteiger partial charge is 0.848 e. The third kappa shape index (κ3) is 15.8. The molecule has 0 aliphatic heterocycles. The van der Waals surface area contributed by atoms with Crippen LogP contribution >= 0.6 is 6.72 Å². The first-order valence-electron chi connectivity index (χ1n) is 14.7. The maximum Gasteiger partial charge on any atom is 0.243 e. The summed E-state index contributed by atoms with van der Waals surface area (Å²) in [6, 6.07) is 18.5. The van der Waals surface area contributed by atoms with Crippen LogP contribution in [-0.2, 0) is 62.4 Å². The van der Waals surface area contributed by atoms with E-state index in [4.69, 9.17) is 0 Å². The molecule has 0 radical (unpaired) electrons. The van der Waals surface area contributed by atoms with Crippen molar-refractivity contribution in [2.24, 2.45) is 21.1 Å². The van der Waals surface area contributed by atoms with Crippen molar-refractivity contribution in [1.29, 1.82) is 0 Å². The molecule has 0 fully saturated rings. The average Bonchev–Trinajstić information content (AvgIpc) is 3.76. The molecular weight excluding hydrogens is 615 g/mol. The fourth-order valence-corrected chi connectivity index (χ4v) is 7.43. The van der Waals surface area contributed by atoms with Crippen molar-refractivity contribution in [2.75, 3.05) is 0 Å². The van der Waals surface area contributed by atoms with Gasteiger partial charge in [-0.3, -0.25) is 0 Å². The second kappa shape index (κ2) is 20.9. The third-order valence-electron chi connectivity index (χ3n) is 6.16. The summed E-state index contributed by atoms with van der Waals surface area (Å²) in [6.07, 6.45) is 23.7. The van der Waals surface area contributed by atoms with Crippen LogP contribution in [0, 0.1) is 0 Å². The molecule has 3 aromatic heterocycles. The molecule has 11 heteroatoms. The molecule has 0 atom stereocenters. The first-order valence-corrected chi connectivity index (χ1v) is 18.4. The van der Waals surface area contributed by atoms with Crippen molar-refractivity contribution in [2.45, 2.75) is 31.1 Å². The average molecular weight is 663 g/mol. The summed E-state index contributed by atoms with van der Waals surface area (Å²) in [5.74, 6) is 0.583. The molecule has 0 spiro atoms. The Morgan fingerprint density at radius 3 is 1.11 bits per heavy atom. The maximum absolute atomic E-state index is 11.4. The van der Waals surface area contributed by atoms with E-state index >= 15 is 0 Å². The van der Waals surface area contributed by atoms with Gasteiger partial charge in [0.1, 0.15) is 56.8 Å². The highest BCUT2D eigenvalue weighted by atomic mass is 32.5. The van der Waals surface area contributed by atoms with E-state index < -0.39 is 16.8 Å². The molecule has 5 rings (SSSR count). The molecule has 246 valence electrons. The Bertz CT molecular complexity index is 1490. The SMILES string of the molecule is C=CC[n+]1ccn(C)c1.C=CC[n+]1ccn(C)c1.C=CC[n+]1ccn(C)c1.[O-]P([O-])([O-])=S(Cc1ccccc1)Cc1ccccc1. The van der Waals surface area contributed by atoms with Crippen LogP contribution in [-0.4, -0.2) is 13.7 Å². The van der Waals surface area contributed by atoms with E-state index in [-0.39, 0.29) is 0 Å². The summed E-state index contributed by atoms with van der Waals surface area (Å²) in [4.78, 5) is 34.3. The number of aromatic nitrogens is 6. The van der Waals surface area contributed by atoms with Crippen molar-refractivity contribution >= 4 is 16.8 Å². The van der Waals surface area contributed by atoms with E-state index in [0.717, 1.165) is 30.8 Å². The highest BCUT2D eigenvalue weighted by Gasteiger charge is 1.99. The fourth-order valence-electron chi connectivity index (χ4n) is 4.02. The number of hydrogen-bond acceptors (Lipinski definition) is 3. The topological polar surface area (TPSA) is 95.6 Å². The summed E-state index contributed by atoms with van der Waals surface area (Å²) in [7, 11) is 4.80. The van der Waals surface area contributed by atoms with Gasteiger partial charge in [0.05, 0.1) is 21.1 Å². The normalized spacial score (nSPS) is 10.4. The van der Waals surface area contributed by atoms with Crippen LogP contribution in [0.5, 0.6) is 0 Å². The van der Waals surface area contributed by atoms with Gasteiger partial charge in [0.25, 0.3) is 0 Å². The molecule has 0 saturated carbocycles. The van der Waals surface area contributed by atoms with Gasteiger partial charge in [-0.1, -0.05) is 98.6 Å². The van der Waals surface area contributed by atoms with E-state index in [2.05, 4.69) is 33.4 Å². The molecule has 0 saturated heterocycles. The number of imidazole rings is 3. The molecule has 2 aromatic carbocycles. The molecule has 9 nitrogen and oxygen atoms in total.